The predicted molar refractivity (Wildman–Crippen MR) is 77.3 cm³/mol. The monoisotopic (exact) mass is 284 g/mol. The number of hydrogen-bond acceptors (Lipinski definition) is 2. The van der Waals surface area contributed by atoms with Gasteiger partial charge in [-0.3, -0.25) is 0 Å². The van der Waals surface area contributed by atoms with Crippen LogP contribution in [0.25, 0.3) is 0 Å². The zero-order valence-corrected chi connectivity index (χ0v) is 12.3. The minimum Gasteiger partial charge on any atom is -0.394 e. The van der Waals surface area contributed by atoms with Crippen molar-refractivity contribution in [2.75, 3.05) is 13.7 Å². The maximum absolute atomic E-state index is 12.0. The van der Waals surface area contributed by atoms with E-state index in [1.54, 1.807) is 20.0 Å². The first-order chi connectivity index (χ1) is 8.99. The molecule has 5 heteroatoms. The second kappa shape index (κ2) is 7.36. The van der Waals surface area contributed by atoms with Crippen LogP contribution in [-0.2, 0) is 0 Å². The lowest BCUT2D eigenvalue weighted by molar-refractivity contribution is 0.154. The van der Waals surface area contributed by atoms with Crippen molar-refractivity contribution in [1.82, 2.24) is 10.2 Å². The number of rotatable bonds is 5. The van der Waals surface area contributed by atoms with E-state index < -0.39 is 0 Å². The molecule has 0 spiro atoms. The standard InChI is InChI=1S/C14H21ClN2O2/c1-4-13(11-6-5-7-12(15)8-11)16-14(19)17(3)10(2)9-18/h5-8,10,13,18H,4,9H2,1-3H3,(H,16,19). The quantitative estimate of drug-likeness (QED) is 0.873. The number of hydrogen-bond donors (Lipinski definition) is 2. The summed E-state index contributed by atoms with van der Waals surface area (Å²) >= 11 is 5.96. The molecule has 1 aromatic carbocycles. The minimum atomic E-state index is -0.211. The Bertz CT molecular complexity index is 426. The fraction of sp³-hybridized carbons (Fsp3) is 0.500. The third kappa shape index (κ3) is 4.40. The first-order valence-corrected chi connectivity index (χ1v) is 6.77. The van der Waals surface area contributed by atoms with Gasteiger partial charge in [-0.15, -0.1) is 0 Å². The van der Waals surface area contributed by atoms with Crippen LogP contribution in [0, 0.1) is 0 Å². The van der Waals surface area contributed by atoms with Gasteiger partial charge in [-0.2, -0.15) is 0 Å². The van der Waals surface area contributed by atoms with E-state index in [1.165, 1.54) is 4.90 Å². The first kappa shape index (κ1) is 15.8. The molecule has 0 saturated carbocycles. The van der Waals surface area contributed by atoms with Crippen molar-refractivity contribution in [2.24, 2.45) is 0 Å². The average molecular weight is 285 g/mol. The van der Waals surface area contributed by atoms with Gasteiger partial charge in [0, 0.05) is 12.1 Å². The molecule has 1 aromatic rings. The van der Waals surface area contributed by atoms with E-state index in [0.29, 0.717) is 5.02 Å². The van der Waals surface area contributed by atoms with Crippen LogP contribution in [0.4, 0.5) is 4.79 Å². The van der Waals surface area contributed by atoms with Crippen LogP contribution in [0.2, 0.25) is 5.02 Å². The number of aliphatic hydroxyl groups excluding tert-OH is 1. The lowest BCUT2D eigenvalue weighted by Gasteiger charge is -2.26. The number of aliphatic hydroxyl groups is 1. The summed E-state index contributed by atoms with van der Waals surface area (Å²) in [5.74, 6) is 0. The highest BCUT2D eigenvalue weighted by atomic mass is 35.5. The molecule has 0 fully saturated rings. The van der Waals surface area contributed by atoms with Crippen LogP contribution >= 0.6 is 11.6 Å². The summed E-state index contributed by atoms with van der Waals surface area (Å²) in [4.78, 5) is 13.5. The van der Waals surface area contributed by atoms with Gasteiger partial charge in [0.25, 0.3) is 0 Å². The number of nitrogens with one attached hydrogen (secondary N) is 1. The number of likely N-dealkylation sites (N-methyl/N-ethyl adjacent to an activating group) is 1. The van der Waals surface area contributed by atoms with E-state index in [9.17, 15) is 4.79 Å². The molecule has 19 heavy (non-hydrogen) atoms. The Kier molecular flexibility index (Phi) is 6.12. The normalized spacial score (nSPS) is 13.7. The molecule has 0 aliphatic heterocycles. The lowest BCUT2D eigenvalue weighted by atomic mass is 10.0. The molecule has 0 aliphatic carbocycles. The summed E-state index contributed by atoms with van der Waals surface area (Å²) in [7, 11) is 1.67. The van der Waals surface area contributed by atoms with Crippen molar-refractivity contribution in [3.63, 3.8) is 0 Å². The van der Waals surface area contributed by atoms with Gasteiger partial charge < -0.3 is 15.3 Å². The van der Waals surface area contributed by atoms with E-state index >= 15 is 0 Å². The number of benzene rings is 1. The second-order valence-corrected chi connectivity index (χ2v) is 5.04. The lowest BCUT2D eigenvalue weighted by Crippen LogP contribution is -2.45. The van der Waals surface area contributed by atoms with Gasteiger partial charge in [0.05, 0.1) is 18.7 Å². The van der Waals surface area contributed by atoms with E-state index in [2.05, 4.69) is 5.32 Å². The Morgan fingerprint density at radius 1 is 1.53 bits per heavy atom. The van der Waals surface area contributed by atoms with Gasteiger partial charge in [-0.05, 0) is 31.0 Å². The highest BCUT2D eigenvalue weighted by Crippen LogP contribution is 2.20. The van der Waals surface area contributed by atoms with Gasteiger partial charge >= 0.3 is 6.03 Å². The highest BCUT2D eigenvalue weighted by Gasteiger charge is 2.18. The number of nitrogens with zero attached hydrogens (tertiary/aromatic N) is 1. The van der Waals surface area contributed by atoms with Crippen molar-refractivity contribution in [3.8, 4) is 0 Å². The number of urea groups is 1. The molecule has 0 aromatic heterocycles. The molecule has 4 nitrogen and oxygen atoms in total. The summed E-state index contributed by atoms with van der Waals surface area (Å²) in [6.07, 6.45) is 0.771. The molecule has 0 heterocycles. The smallest absolute Gasteiger partial charge is 0.317 e. The number of amides is 2. The molecular formula is C14H21ClN2O2. The van der Waals surface area contributed by atoms with E-state index in [-0.39, 0.29) is 24.7 Å². The molecule has 2 atom stereocenters. The Hall–Kier alpha value is -1.26. The fourth-order valence-corrected chi connectivity index (χ4v) is 1.92. The second-order valence-electron chi connectivity index (χ2n) is 4.61. The Morgan fingerprint density at radius 3 is 2.74 bits per heavy atom. The zero-order valence-electron chi connectivity index (χ0n) is 11.6. The van der Waals surface area contributed by atoms with Crippen molar-refractivity contribution >= 4 is 17.6 Å². The third-order valence-electron chi connectivity index (χ3n) is 3.20. The Labute approximate surface area is 119 Å². The van der Waals surface area contributed by atoms with Crippen LogP contribution in [0.1, 0.15) is 31.9 Å². The van der Waals surface area contributed by atoms with Crippen molar-refractivity contribution < 1.29 is 9.90 Å². The molecule has 0 bridgehead atoms. The highest BCUT2D eigenvalue weighted by molar-refractivity contribution is 6.30. The first-order valence-electron chi connectivity index (χ1n) is 6.39. The molecule has 2 amide bonds. The third-order valence-corrected chi connectivity index (χ3v) is 3.44. The molecule has 0 aliphatic rings. The summed E-state index contributed by atoms with van der Waals surface area (Å²) in [5.41, 5.74) is 0.980. The van der Waals surface area contributed by atoms with Gasteiger partial charge in [0.2, 0.25) is 0 Å². The maximum Gasteiger partial charge on any atom is 0.317 e. The van der Waals surface area contributed by atoms with E-state index in [4.69, 9.17) is 16.7 Å². The SMILES string of the molecule is CCC(NC(=O)N(C)C(C)CO)c1cccc(Cl)c1. The van der Waals surface area contributed by atoms with Gasteiger partial charge in [-0.1, -0.05) is 30.7 Å². The van der Waals surface area contributed by atoms with Crippen LogP contribution in [0.15, 0.2) is 24.3 Å². The van der Waals surface area contributed by atoms with Gasteiger partial charge in [0.15, 0.2) is 0 Å². The number of halogens is 1. The van der Waals surface area contributed by atoms with Gasteiger partial charge in [-0.25, -0.2) is 4.79 Å². The maximum atomic E-state index is 12.0. The molecule has 2 N–H and O–H groups in total. The largest absolute Gasteiger partial charge is 0.394 e. The summed E-state index contributed by atoms with van der Waals surface area (Å²) in [5, 5.41) is 12.7. The summed E-state index contributed by atoms with van der Waals surface area (Å²) < 4.78 is 0. The minimum absolute atomic E-state index is 0.0577. The number of carbonyl (C=O) groups is 1. The summed E-state index contributed by atoms with van der Waals surface area (Å²) in [6.45, 7) is 3.74. The van der Waals surface area contributed by atoms with Crippen molar-refractivity contribution in [1.29, 1.82) is 0 Å². The topological polar surface area (TPSA) is 52.6 Å². The van der Waals surface area contributed by atoms with E-state index in [0.717, 1.165) is 12.0 Å². The molecule has 2 unspecified atom stereocenters. The number of carbonyl (C=O) groups excluding carboxylic acids is 1. The van der Waals surface area contributed by atoms with Crippen LogP contribution in [0.3, 0.4) is 0 Å². The average Bonchev–Trinajstić information content (AvgIpc) is 2.42. The fourth-order valence-electron chi connectivity index (χ4n) is 1.72. The van der Waals surface area contributed by atoms with Crippen LogP contribution in [0.5, 0.6) is 0 Å². The van der Waals surface area contributed by atoms with Gasteiger partial charge in [0.1, 0.15) is 0 Å². The Balaban J connectivity index is 2.75. The summed E-state index contributed by atoms with van der Waals surface area (Å²) in [6, 6.07) is 6.97. The molecular weight excluding hydrogens is 264 g/mol. The molecule has 106 valence electrons. The molecule has 0 saturated heterocycles. The molecule has 1 rings (SSSR count). The van der Waals surface area contributed by atoms with E-state index in [1.807, 2.05) is 25.1 Å². The van der Waals surface area contributed by atoms with Crippen LogP contribution < -0.4 is 5.32 Å². The predicted octanol–water partition coefficient (Wildman–Crippen LogP) is 2.81. The van der Waals surface area contributed by atoms with Crippen molar-refractivity contribution in [3.05, 3.63) is 34.9 Å². The zero-order chi connectivity index (χ0) is 14.4. The van der Waals surface area contributed by atoms with Crippen LogP contribution in [-0.4, -0.2) is 35.7 Å². The van der Waals surface area contributed by atoms with Crippen molar-refractivity contribution in [2.45, 2.75) is 32.4 Å². The Morgan fingerprint density at radius 2 is 2.21 bits per heavy atom. The molecule has 0 radical (unpaired) electrons.